The van der Waals surface area contributed by atoms with E-state index in [4.69, 9.17) is 0 Å². The van der Waals surface area contributed by atoms with Gasteiger partial charge in [-0.2, -0.15) is 5.10 Å². The summed E-state index contributed by atoms with van der Waals surface area (Å²) in [5.74, 6) is -0.511. The van der Waals surface area contributed by atoms with E-state index in [2.05, 4.69) is 20.3 Å². The normalized spacial score (nSPS) is 16.4. The lowest BCUT2D eigenvalue weighted by Crippen LogP contribution is -2.27. The maximum absolute atomic E-state index is 11.4. The lowest BCUT2D eigenvalue weighted by Gasteiger charge is -2.23. The molecule has 1 aromatic carbocycles. The average molecular weight is 342 g/mol. The molecule has 0 fully saturated rings. The monoisotopic (exact) mass is 342 g/mol. The zero-order valence-corrected chi connectivity index (χ0v) is 13.7. The number of nitro benzene ring substituents is 1. The number of hydrogen-bond acceptors (Lipinski definition) is 6. The molecule has 1 atom stereocenters. The molecule has 1 unspecified atom stereocenters. The molecule has 1 aliphatic carbocycles. The predicted octanol–water partition coefficient (Wildman–Crippen LogP) is 2.47. The number of nitro groups is 1. The average Bonchev–Trinajstić information content (AvgIpc) is 3.08. The zero-order chi connectivity index (χ0) is 17.8. The number of fused-ring (bicyclic) bond motifs is 1. The van der Waals surface area contributed by atoms with Gasteiger partial charge in [-0.25, -0.2) is 4.79 Å². The molecule has 0 spiro atoms. The molecule has 0 radical (unpaired) electrons. The van der Waals surface area contributed by atoms with Crippen LogP contribution in [0.4, 0.5) is 11.4 Å². The van der Waals surface area contributed by atoms with Gasteiger partial charge in [0.25, 0.3) is 5.69 Å². The van der Waals surface area contributed by atoms with Gasteiger partial charge in [0.2, 0.25) is 0 Å². The van der Waals surface area contributed by atoms with Crippen molar-refractivity contribution in [3.63, 3.8) is 0 Å². The third kappa shape index (κ3) is 3.85. The summed E-state index contributed by atoms with van der Waals surface area (Å²) >= 11 is 0. The lowest BCUT2D eigenvalue weighted by atomic mass is 9.93. The Hall–Kier alpha value is -3.16. The fourth-order valence-electron chi connectivity index (χ4n) is 2.92. The highest BCUT2D eigenvalue weighted by molar-refractivity contribution is 5.87. The molecule has 0 saturated carbocycles. The van der Waals surface area contributed by atoms with E-state index in [1.54, 1.807) is 18.3 Å². The molecule has 2 N–H and O–H groups in total. The first-order chi connectivity index (χ1) is 12.1. The van der Waals surface area contributed by atoms with Crippen molar-refractivity contribution in [3.8, 4) is 0 Å². The maximum atomic E-state index is 11.4. The van der Waals surface area contributed by atoms with E-state index in [9.17, 15) is 14.9 Å². The number of carbonyl (C=O) groups is 1. The maximum Gasteiger partial charge on any atom is 0.330 e. The number of methoxy groups -OCH3 is 1. The van der Waals surface area contributed by atoms with E-state index in [0.29, 0.717) is 11.3 Å². The second-order valence-corrected chi connectivity index (χ2v) is 5.85. The summed E-state index contributed by atoms with van der Waals surface area (Å²) < 4.78 is 4.52. The van der Waals surface area contributed by atoms with Crippen LogP contribution in [0.1, 0.15) is 23.2 Å². The van der Waals surface area contributed by atoms with Gasteiger partial charge < -0.3 is 10.1 Å². The van der Waals surface area contributed by atoms with E-state index < -0.39 is 10.9 Å². The highest BCUT2D eigenvalue weighted by atomic mass is 16.6. The molecule has 0 amide bonds. The van der Waals surface area contributed by atoms with Gasteiger partial charge >= 0.3 is 5.97 Å². The SMILES string of the molecule is COC(=O)/C=C/c1ccc(NC2CCc3[nH]ncc3C2)c([N+](=O)[O-])c1. The van der Waals surface area contributed by atoms with Crippen LogP contribution in [0.15, 0.2) is 30.5 Å². The summed E-state index contributed by atoms with van der Waals surface area (Å²) in [6.07, 6.45) is 7.02. The summed E-state index contributed by atoms with van der Waals surface area (Å²) in [6.45, 7) is 0. The number of hydrogen-bond donors (Lipinski definition) is 2. The van der Waals surface area contributed by atoms with Crippen molar-refractivity contribution in [2.24, 2.45) is 0 Å². The van der Waals surface area contributed by atoms with Gasteiger partial charge in [-0.15, -0.1) is 0 Å². The third-order valence-electron chi connectivity index (χ3n) is 4.21. The minimum absolute atomic E-state index is 0.0231. The molecule has 0 bridgehead atoms. The largest absolute Gasteiger partial charge is 0.466 e. The predicted molar refractivity (Wildman–Crippen MR) is 92.2 cm³/mol. The summed E-state index contributed by atoms with van der Waals surface area (Å²) in [5.41, 5.74) is 3.28. The number of esters is 1. The van der Waals surface area contributed by atoms with E-state index in [-0.39, 0.29) is 11.7 Å². The van der Waals surface area contributed by atoms with Crippen molar-refractivity contribution in [2.75, 3.05) is 12.4 Å². The first kappa shape index (κ1) is 16.7. The number of aromatic nitrogens is 2. The number of nitrogens with one attached hydrogen (secondary N) is 2. The molecule has 0 saturated heterocycles. The highest BCUT2D eigenvalue weighted by Gasteiger charge is 2.23. The van der Waals surface area contributed by atoms with E-state index in [1.807, 2.05) is 0 Å². The lowest BCUT2D eigenvalue weighted by molar-refractivity contribution is -0.384. The molecule has 2 aromatic rings. The van der Waals surface area contributed by atoms with E-state index >= 15 is 0 Å². The zero-order valence-electron chi connectivity index (χ0n) is 13.7. The van der Waals surface area contributed by atoms with Crippen LogP contribution < -0.4 is 5.32 Å². The molecular formula is C17H18N4O4. The third-order valence-corrected chi connectivity index (χ3v) is 4.21. The summed E-state index contributed by atoms with van der Waals surface area (Å²) in [7, 11) is 1.28. The number of carbonyl (C=O) groups excluding carboxylic acids is 1. The quantitative estimate of drug-likeness (QED) is 0.374. The van der Waals surface area contributed by atoms with Gasteiger partial charge in [0.15, 0.2) is 0 Å². The Morgan fingerprint density at radius 1 is 1.52 bits per heavy atom. The Morgan fingerprint density at radius 3 is 3.12 bits per heavy atom. The number of nitrogens with zero attached hydrogens (tertiary/aromatic N) is 2. The Labute approximate surface area is 144 Å². The molecule has 1 aromatic heterocycles. The van der Waals surface area contributed by atoms with Gasteiger partial charge in [-0.05, 0) is 42.5 Å². The molecule has 25 heavy (non-hydrogen) atoms. The molecule has 130 valence electrons. The fraction of sp³-hybridized carbons (Fsp3) is 0.294. The van der Waals surface area contributed by atoms with Crippen LogP contribution in [-0.4, -0.2) is 34.2 Å². The van der Waals surface area contributed by atoms with Crippen LogP contribution in [-0.2, 0) is 22.4 Å². The standard InChI is InChI=1S/C17H18N4O4/c1-25-17(22)7-3-11-2-5-15(16(8-11)21(23)24)19-13-4-6-14-12(9-13)10-18-20-14/h2-3,5,7-8,10,13,19H,4,6,9H2,1H3,(H,18,20)/b7-3+. The molecule has 0 aliphatic heterocycles. The first-order valence-electron chi connectivity index (χ1n) is 7.89. The van der Waals surface area contributed by atoms with Crippen LogP contribution in [0.25, 0.3) is 6.08 Å². The number of aryl methyl sites for hydroxylation is 1. The Kier molecular flexibility index (Phi) is 4.78. The minimum atomic E-state index is -0.511. The molecule has 3 rings (SSSR count). The van der Waals surface area contributed by atoms with Crippen molar-refractivity contribution in [2.45, 2.75) is 25.3 Å². The number of anilines is 1. The second-order valence-electron chi connectivity index (χ2n) is 5.85. The number of rotatable bonds is 5. The summed E-state index contributed by atoms with van der Waals surface area (Å²) in [6, 6.07) is 4.94. The van der Waals surface area contributed by atoms with Crippen molar-refractivity contribution < 1.29 is 14.5 Å². The van der Waals surface area contributed by atoms with Gasteiger partial charge in [0.1, 0.15) is 5.69 Å². The Bertz CT molecular complexity index is 828. The molecule has 1 heterocycles. The Balaban J connectivity index is 1.78. The summed E-state index contributed by atoms with van der Waals surface area (Å²) in [5, 5.41) is 21.7. The van der Waals surface area contributed by atoms with Crippen LogP contribution in [0.2, 0.25) is 0 Å². The van der Waals surface area contributed by atoms with Crippen LogP contribution in [0.5, 0.6) is 0 Å². The van der Waals surface area contributed by atoms with Crippen LogP contribution in [0, 0.1) is 10.1 Å². The molecular weight excluding hydrogens is 324 g/mol. The topological polar surface area (TPSA) is 110 Å². The number of benzene rings is 1. The van der Waals surface area contributed by atoms with E-state index in [1.165, 1.54) is 25.3 Å². The smallest absolute Gasteiger partial charge is 0.330 e. The van der Waals surface area contributed by atoms with Gasteiger partial charge in [-0.1, -0.05) is 6.07 Å². The molecule has 8 heteroatoms. The summed E-state index contributed by atoms with van der Waals surface area (Å²) in [4.78, 5) is 22.1. The van der Waals surface area contributed by atoms with Crippen molar-refractivity contribution >= 4 is 23.4 Å². The van der Waals surface area contributed by atoms with Crippen LogP contribution >= 0.6 is 0 Å². The number of ether oxygens (including phenoxy) is 1. The first-order valence-corrected chi connectivity index (χ1v) is 7.89. The van der Waals surface area contributed by atoms with Crippen molar-refractivity contribution in [1.29, 1.82) is 0 Å². The van der Waals surface area contributed by atoms with Crippen LogP contribution in [0.3, 0.4) is 0 Å². The van der Waals surface area contributed by atoms with Crippen molar-refractivity contribution in [3.05, 3.63) is 57.4 Å². The highest BCUT2D eigenvalue weighted by Crippen LogP contribution is 2.29. The fourth-order valence-corrected chi connectivity index (χ4v) is 2.92. The molecule has 8 nitrogen and oxygen atoms in total. The molecule has 1 aliphatic rings. The number of aromatic amines is 1. The van der Waals surface area contributed by atoms with Gasteiger partial charge in [0.05, 0.1) is 18.2 Å². The van der Waals surface area contributed by atoms with Crippen molar-refractivity contribution in [1.82, 2.24) is 10.2 Å². The Morgan fingerprint density at radius 2 is 2.36 bits per heavy atom. The van der Waals surface area contributed by atoms with Gasteiger partial charge in [-0.3, -0.25) is 15.2 Å². The minimum Gasteiger partial charge on any atom is -0.466 e. The van der Waals surface area contributed by atoms with E-state index in [0.717, 1.165) is 30.5 Å². The van der Waals surface area contributed by atoms with Gasteiger partial charge in [0, 0.05) is 23.9 Å². The number of H-pyrrole nitrogens is 1. The second kappa shape index (κ2) is 7.16.